The summed E-state index contributed by atoms with van der Waals surface area (Å²) >= 11 is 0. The smallest absolute Gasteiger partial charge is 0.160 e. The molecule has 2 aliphatic rings. The molecule has 4 rings (SSSR count). The third-order valence-corrected chi connectivity index (χ3v) is 6.74. The second-order valence-electron chi connectivity index (χ2n) is 8.90. The van der Waals surface area contributed by atoms with Crippen molar-refractivity contribution in [2.24, 2.45) is 11.8 Å². The van der Waals surface area contributed by atoms with Crippen molar-refractivity contribution in [3.8, 4) is 11.1 Å². The topological polar surface area (TPSA) is 27.7 Å². The van der Waals surface area contributed by atoms with E-state index in [-0.39, 0.29) is 6.29 Å². The third-order valence-electron chi connectivity index (χ3n) is 6.74. The zero-order valence-electron chi connectivity index (χ0n) is 18.2. The Hall–Kier alpha value is -1.82. The Kier molecular flexibility index (Phi) is 7.70. The van der Waals surface area contributed by atoms with Gasteiger partial charge in [-0.1, -0.05) is 30.3 Å². The van der Waals surface area contributed by atoms with Gasteiger partial charge in [-0.05, 0) is 73.3 Å². The fraction of sp³-hybridized carbons (Fsp3) is 0.538. The van der Waals surface area contributed by atoms with E-state index < -0.39 is 11.6 Å². The number of ether oxygens (including phenoxy) is 3. The Bertz CT molecular complexity index is 823. The van der Waals surface area contributed by atoms with Gasteiger partial charge in [-0.2, -0.15) is 0 Å². The molecule has 31 heavy (non-hydrogen) atoms. The molecule has 0 N–H and O–H groups in total. The first-order valence-corrected chi connectivity index (χ1v) is 11.4. The van der Waals surface area contributed by atoms with Crippen LogP contribution in [0.1, 0.15) is 50.0 Å². The first-order valence-electron chi connectivity index (χ1n) is 11.4. The highest BCUT2D eigenvalue weighted by Crippen LogP contribution is 2.39. The van der Waals surface area contributed by atoms with Gasteiger partial charge in [0.15, 0.2) is 17.9 Å². The zero-order chi connectivity index (χ0) is 21.6. The highest BCUT2D eigenvalue weighted by Gasteiger charge is 2.32. The Morgan fingerprint density at radius 1 is 0.871 bits per heavy atom. The second-order valence-corrected chi connectivity index (χ2v) is 8.90. The minimum absolute atomic E-state index is 0.0598. The quantitative estimate of drug-likeness (QED) is 0.481. The summed E-state index contributed by atoms with van der Waals surface area (Å²) in [5.74, 6) is -0.146. The minimum Gasteiger partial charge on any atom is -0.385 e. The molecule has 3 nitrogen and oxygen atoms in total. The second kappa shape index (κ2) is 10.7. The first kappa shape index (κ1) is 22.4. The lowest BCUT2D eigenvalue weighted by Gasteiger charge is -2.37. The first-order chi connectivity index (χ1) is 15.1. The van der Waals surface area contributed by atoms with E-state index in [9.17, 15) is 8.78 Å². The Balaban J connectivity index is 1.26. The van der Waals surface area contributed by atoms with Crippen LogP contribution in [-0.2, 0) is 14.2 Å². The fourth-order valence-corrected chi connectivity index (χ4v) is 4.86. The van der Waals surface area contributed by atoms with Gasteiger partial charge in [0.05, 0.1) is 13.2 Å². The number of hydrogen-bond donors (Lipinski definition) is 0. The summed E-state index contributed by atoms with van der Waals surface area (Å²) in [6.45, 7) is 2.38. The van der Waals surface area contributed by atoms with Crippen LogP contribution < -0.4 is 0 Å². The van der Waals surface area contributed by atoms with Crippen LogP contribution in [0.2, 0.25) is 0 Å². The molecule has 0 unspecified atom stereocenters. The highest BCUT2D eigenvalue weighted by atomic mass is 19.2. The maximum absolute atomic E-state index is 13.5. The van der Waals surface area contributed by atoms with Gasteiger partial charge >= 0.3 is 0 Å². The largest absolute Gasteiger partial charge is 0.385 e. The van der Waals surface area contributed by atoms with E-state index >= 15 is 0 Å². The van der Waals surface area contributed by atoms with Crippen molar-refractivity contribution in [3.63, 3.8) is 0 Å². The van der Waals surface area contributed by atoms with Gasteiger partial charge < -0.3 is 14.2 Å². The lowest BCUT2D eigenvalue weighted by atomic mass is 9.78. The van der Waals surface area contributed by atoms with E-state index in [1.165, 1.54) is 17.7 Å². The predicted octanol–water partition coefficient (Wildman–Crippen LogP) is 6.32. The minimum atomic E-state index is -0.815. The van der Waals surface area contributed by atoms with Gasteiger partial charge in [-0.25, -0.2) is 8.78 Å². The van der Waals surface area contributed by atoms with Crippen molar-refractivity contribution < 1.29 is 23.0 Å². The molecule has 0 aromatic heterocycles. The van der Waals surface area contributed by atoms with Crippen LogP contribution in [0.25, 0.3) is 11.1 Å². The maximum atomic E-state index is 13.5. The molecule has 1 saturated heterocycles. The molecule has 1 heterocycles. The maximum Gasteiger partial charge on any atom is 0.160 e. The summed E-state index contributed by atoms with van der Waals surface area (Å²) in [5.41, 5.74) is 2.91. The average Bonchev–Trinajstić information content (AvgIpc) is 2.82. The molecular weight excluding hydrogens is 398 g/mol. The number of hydrogen-bond acceptors (Lipinski definition) is 3. The number of methoxy groups -OCH3 is 1. The van der Waals surface area contributed by atoms with Crippen LogP contribution >= 0.6 is 0 Å². The van der Waals surface area contributed by atoms with Crippen LogP contribution in [0, 0.1) is 23.5 Å². The molecule has 0 bridgehead atoms. The monoisotopic (exact) mass is 430 g/mol. The molecule has 0 atom stereocenters. The SMILES string of the molecule is COCCC[C@H]1CO[C@H](C2CCC(c3ccc(-c4ccc(F)c(F)c4)cc3)CC2)OC1. The molecule has 1 aliphatic heterocycles. The van der Waals surface area contributed by atoms with Crippen molar-refractivity contribution in [1.29, 1.82) is 0 Å². The summed E-state index contributed by atoms with van der Waals surface area (Å²) < 4.78 is 43.9. The summed E-state index contributed by atoms with van der Waals surface area (Å²) in [6, 6.07) is 12.3. The van der Waals surface area contributed by atoms with E-state index in [1.807, 2.05) is 12.1 Å². The molecule has 0 amide bonds. The zero-order valence-corrected chi connectivity index (χ0v) is 18.2. The predicted molar refractivity (Wildman–Crippen MR) is 117 cm³/mol. The van der Waals surface area contributed by atoms with Crippen molar-refractivity contribution in [2.75, 3.05) is 26.9 Å². The van der Waals surface area contributed by atoms with Gasteiger partial charge in [0.2, 0.25) is 0 Å². The number of halogens is 2. The van der Waals surface area contributed by atoms with Crippen molar-refractivity contribution >= 4 is 0 Å². The molecule has 2 fully saturated rings. The van der Waals surface area contributed by atoms with Crippen LogP contribution in [-0.4, -0.2) is 33.2 Å². The van der Waals surface area contributed by atoms with Gasteiger partial charge in [0.1, 0.15) is 0 Å². The molecule has 1 saturated carbocycles. The highest BCUT2D eigenvalue weighted by molar-refractivity contribution is 5.63. The van der Waals surface area contributed by atoms with Crippen molar-refractivity contribution in [2.45, 2.75) is 50.7 Å². The summed E-state index contributed by atoms with van der Waals surface area (Å²) in [5, 5.41) is 0. The summed E-state index contributed by atoms with van der Waals surface area (Å²) in [4.78, 5) is 0. The molecule has 1 aliphatic carbocycles. The van der Waals surface area contributed by atoms with Crippen LogP contribution in [0.4, 0.5) is 8.78 Å². The molecule has 0 spiro atoms. The van der Waals surface area contributed by atoms with Crippen molar-refractivity contribution in [3.05, 3.63) is 59.7 Å². The molecular formula is C26H32F2O3. The standard InChI is InChI=1S/C26H32F2O3/c1-29-14-2-3-18-16-30-26(31-17-18)22-10-8-20(9-11-22)19-4-6-21(7-5-19)23-12-13-24(27)25(28)15-23/h4-7,12-13,15,18,20,22,26H,2-3,8-11,14,16-17H2,1H3/t18-,20?,22?,26-. The average molecular weight is 431 g/mol. The number of benzene rings is 2. The third kappa shape index (κ3) is 5.71. The van der Waals surface area contributed by atoms with E-state index in [1.54, 1.807) is 13.2 Å². The molecule has 0 radical (unpaired) electrons. The Morgan fingerprint density at radius 2 is 1.55 bits per heavy atom. The molecule has 5 heteroatoms. The van der Waals surface area contributed by atoms with Gasteiger partial charge in [-0.15, -0.1) is 0 Å². The Labute approximate surface area is 183 Å². The lowest BCUT2D eigenvalue weighted by Crippen LogP contribution is -2.38. The normalized spacial score (nSPS) is 26.7. The molecule has 2 aromatic carbocycles. The van der Waals surface area contributed by atoms with Gasteiger partial charge in [0.25, 0.3) is 0 Å². The lowest BCUT2D eigenvalue weighted by molar-refractivity contribution is -0.229. The van der Waals surface area contributed by atoms with Gasteiger partial charge in [0, 0.05) is 25.6 Å². The van der Waals surface area contributed by atoms with Crippen LogP contribution in [0.5, 0.6) is 0 Å². The van der Waals surface area contributed by atoms with Gasteiger partial charge in [-0.3, -0.25) is 0 Å². The van der Waals surface area contributed by atoms with Crippen molar-refractivity contribution in [1.82, 2.24) is 0 Å². The Morgan fingerprint density at radius 3 is 2.19 bits per heavy atom. The van der Waals surface area contributed by atoms with E-state index in [0.29, 0.717) is 23.3 Å². The van der Waals surface area contributed by atoms with Crippen LogP contribution in [0.3, 0.4) is 0 Å². The van der Waals surface area contributed by atoms with Crippen LogP contribution in [0.15, 0.2) is 42.5 Å². The van der Waals surface area contributed by atoms with E-state index in [2.05, 4.69) is 12.1 Å². The summed E-state index contributed by atoms with van der Waals surface area (Å²) in [6.07, 6.45) is 6.54. The summed E-state index contributed by atoms with van der Waals surface area (Å²) in [7, 11) is 1.74. The molecule has 2 aromatic rings. The fourth-order valence-electron chi connectivity index (χ4n) is 4.86. The molecule has 168 valence electrons. The number of rotatable bonds is 7. The van der Waals surface area contributed by atoms with E-state index in [0.717, 1.165) is 63.9 Å². The van der Waals surface area contributed by atoms with E-state index in [4.69, 9.17) is 14.2 Å².